The van der Waals surface area contributed by atoms with Gasteiger partial charge in [0, 0.05) is 17.6 Å². The predicted octanol–water partition coefficient (Wildman–Crippen LogP) is 3.62. The van der Waals surface area contributed by atoms with Crippen LogP contribution >= 0.6 is 0 Å². The maximum absolute atomic E-state index is 12.4. The molecule has 0 saturated carbocycles. The Kier molecular flexibility index (Phi) is 2.17. The Labute approximate surface area is 86.3 Å². The van der Waals surface area contributed by atoms with Gasteiger partial charge in [0.1, 0.15) is 0 Å². The number of hydrogen-bond donors (Lipinski definition) is 1. The van der Waals surface area contributed by atoms with Crippen molar-refractivity contribution < 1.29 is 13.2 Å². The summed E-state index contributed by atoms with van der Waals surface area (Å²) in [4.78, 5) is 0. The van der Waals surface area contributed by atoms with Gasteiger partial charge in [-0.05, 0) is 24.6 Å². The number of alkyl halides is 3. The summed E-state index contributed by atoms with van der Waals surface area (Å²) in [5.41, 5.74) is 0.996. The van der Waals surface area contributed by atoms with Crippen LogP contribution in [0.15, 0.2) is 18.2 Å². The van der Waals surface area contributed by atoms with Crippen molar-refractivity contribution >= 4 is 5.69 Å². The number of anilines is 1. The molecule has 2 unspecified atom stereocenters. The Morgan fingerprint density at radius 1 is 1.20 bits per heavy atom. The molecular formula is C11H12F3N. The largest absolute Gasteiger partial charge is 0.416 e. The Hall–Kier alpha value is -1.19. The zero-order valence-electron chi connectivity index (χ0n) is 8.52. The maximum Gasteiger partial charge on any atom is 0.416 e. The lowest BCUT2D eigenvalue weighted by Crippen LogP contribution is -2.12. The molecule has 1 aromatic rings. The summed E-state index contributed by atoms with van der Waals surface area (Å²) in [5, 5.41) is 3.06. The molecule has 1 aromatic carbocycles. The highest BCUT2D eigenvalue weighted by Crippen LogP contribution is 2.39. The number of halogens is 3. The molecule has 0 fully saturated rings. The second kappa shape index (κ2) is 3.15. The van der Waals surface area contributed by atoms with Crippen molar-refractivity contribution in [1.29, 1.82) is 0 Å². The minimum atomic E-state index is -4.26. The van der Waals surface area contributed by atoms with Crippen LogP contribution in [0.5, 0.6) is 0 Å². The number of fused-ring (bicyclic) bond motifs is 1. The van der Waals surface area contributed by atoms with Crippen molar-refractivity contribution in [3.63, 3.8) is 0 Å². The Morgan fingerprint density at radius 2 is 1.87 bits per heavy atom. The van der Waals surface area contributed by atoms with E-state index in [1.807, 2.05) is 13.8 Å². The van der Waals surface area contributed by atoms with Gasteiger partial charge in [0.15, 0.2) is 0 Å². The smallest absolute Gasteiger partial charge is 0.382 e. The number of rotatable bonds is 0. The molecule has 0 saturated heterocycles. The monoisotopic (exact) mass is 215 g/mol. The zero-order chi connectivity index (χ0) is 11.2. The second-order valence-corrected chi connectivity index (χ2v) is 4.02. The molecule has 1 aliphatic rings. The Balaban J connectivity index is 2.42. The lowest BCUT2D eigenvalue weighted by atomic mass is 9.97. The first-order valence-electron chi connectivity index (χ1n) is 4.87. The standard InChI is InChI=1S/C11H12F3N/c1-6-7(2)15-10-5-8(11(12,13)14)3-4-9(6)10/h3-7,15H,1-2H3. The molecule has 0 amide bonds. The highest BCUT2D eigenvalue weighted by molar-refractivity contribution is 5.60. The molecule has 15 heavy (non-hydrogen) atoms. The van der Waals surface area contributed by atoms with E-state index in [-0.39, 0.29) is 12.0 Å². The minimum Gasteiger partial charge on any atom is -0.382 e. The van der Waals surface area contributed by atoms with Gasteiger partial charge in [0.25, 0.3) is 0 Å². The molecule has 2 atom stereocenters. The van der Waals surface area contributed by atoms with Crippen LogP contribution < -0.4 is 5.32 Å². The molecule has 1 N–H and O–H groups in total. The van der Waals surface area contributed by atoms with Crippen LogP contribution in [0.25, 0.3) is 0 Å². The predicted molar refractivity (Wildman–Crippen MR) is 52.9 cm³/mol. The van der Waals surface area contributed by atoms with Gasteiger partial charge < -0.3 is 5.32 Å². The lowest BCUT2D eigenvalue weighted by Gasteiger charge is -2.09. The average molecular weight is 215 g/mol. The van der Waals surface area contributed by atoms with Gasteiger partial charge in [-0.3, -0.25) is 0 Å². The van der Waals surface area contributed by atoms with Crippen molar-refractivity contribution in [3.8, 4) is 0 Å². The topological polar surface area (TPSA) is 12.0 Å². The molecule has 0 radical (unpaired) electrons. The van der Waals surface area contributed by atoms with Crippen molar-refractivity contribution in [2.45, 2.75) is 32.0 Å². The Morgan fingerprint density at radius 3 is 2.47 bits per heavy atom. The van der Waals surface area contributed by atoms with E-state index in [9.17, 15) is 13.2 Å². The van der Waals surface area contributed by atoms with Crippen molar-refractivity contribution in [3.05, 3.63) is 29.3 Å². The van der Waals surface area contributed by atoms with Crippen LogP contribution in [0.2, 0.25) is 0 Å². The summed E-state index contributed by atoms with van der Waals surface area (Å²) < 4.78 is 37.3. The van der Waals surface area contributed by atoms with Gasteiger partial charge in [0.2, 0.25) is 0 Å². The fourth-order valence-electron chi connectivity index (χ4n) is 1.89. The molecule has 0 spiro atoms. The van der Waals surface area contributed by atoms with E-state index in [1.54, 1.807) is 6.07 Å². The summed E-state index contributed by atoms with van der Waals surface area (Å²) >= 11 is 0. The average Bonchev–Trinajstić information content (AvgIpc) is 2.41. The molecule has 1 aliphatic heterocycles. The fourth-order valence-corrected chi connectivity index (χ4v) is 1.89. The maximum atomic E-state index is 12.4. The fraction of sp³-hybridized carbons (Fsp3) is 0.455. The van der Waals surface area contributed by atoms with Gasteiger partial charge in [-0.1, -0.05) is 13.0 Å². The normalized spacial score (nSPS) is 24.9. The summed E-state index contributed by atoms with van der Waals surface area (Å²) in [7, 11) is 0. The zero-order valence-corrected chi connectivity index (χ0v) is 8.52. The summed E-state index contributed by atoms with van der Waals surface area (Å²) in [6.45, 7) is 3.98. The van der Waals surface area contributed by atoms with E-state index < -0.39 is 11.7 Å². The molecule has 4 heteroatoms. The van der Waals surface area contributed by atoms with Gasteiger partial charge in [-0.25, -0.2) is 0 Å². The van der Waals surface area contributed by atoms with Crippen molar-refractivity contribution in [1.82, 2.24) is 0 Å². The van der Waals surface area contributed by atoms with Gasteiger partial charge in [-0.15, -0.1) is 0 Å². The SMILES string of the molecule is CC1Nc2cc(C(F)(F)F)ccc2C1C. The van der Waals surface area contributed by atoms with Crippen molar-refractivity contribution in [2.24, 2.45) is 0 Å². The van der Waals surface area contributed by atoms with Gasteiger partial charge in [-0.2, -0.15) is 13.2 Å². The van der Waals surface area contributed by atoms with Crippen molar-refractivity contribution in [2.75, 3.05) is 5.32 Å². The molecule has 1 nitrogen and oxygen atoms in total. The van der Waals surface area contributed by atoms with Crippen LogP contribution in [0.1, 0.15) is 30.9 Å². The molecular weight excluding hydrogens is 203 g/mol. The molecule has 82 valence electrons. The van der Waals surface area contributed by atoms with Crippen LogP contribution in [-0.2, 0) is 6.18 Å². The molecule has 0 aromatic heterocycles. The quantitative estimate of drug-likeness (QED) is 0.696. The summed E-state index contributed by atoms with van der Waals surface area (Å²) in [6, 6.07) is 4.10. The van der Waals surface area contributed by atoms with Crippen LogP contribution in [0, 0.1) is 0 Å². The minimum absolute atomic E-state index is 0.198. The van der Waals surface area contributed by atoms with Crippen LogP contribution in [0.3, 0.4) is 0 Å². The number of benzene rings is 1. The molecule has 1 heterocycles. The highest BCUT2D eigenvalue weighted by atomic mass is 19.4. The Bertz CT molecular complexity index is 384. The van der Waals surface area contributed by atoms with Gasteiger partial charge >= 0.3 is 6.18 Å². The second-order valence-electron chi connectivity index (χ2n) is 4.02. The van der Waals surface area contributed by atoms with Gasteiger partial charge in [0.05, 0.1) is 5.56 Å². The summed E-state index contributed by atoms with van der Waals surface area (Å²) in [6.07, 6.45) is -4.26. The number of nitrogens with one attached hydrogen (secondary N) is 1. The summed E-state index contributed by atoms with van der Waals surface area (Å²) in [5.74, 6) is 0.266. The van der Waals surface area contributed by atoms with Crippen LogP contribution in [-0.4, -0.2) is 6.04 Å². The lowest BCUT2D eigenvalue weighted by molar-refractivity contribution is -0.137. The number of hydrogen-bond acceptors (Lipinski definition) is 1. The van der Waals surface area contributed by atoms with E-state index >= 15 is 0 Å². The van der Waals surface area contributed by atoms with Crippen LogP contribution in [0.4, 0.5) is 18.9 Å². The third kappa shape index (κ3) is 1.68. The third-order valence-corrected chi connectivity index (χ3v) is 3.00. The van der Waals surface area contributed by atoms with E-state index in [1.165, 1.54) is 6.07 Å². The first kappa shape index (κ1) is 10.3. The third-order valence-electron chi connectivity index (χ3n) is 3.00. The van der Waals surface area contributed by atoms with E-state index in [4.69, 9.17) is 0 Å². The highest BCUT2D eigenvalue weighted by Gasteiger charge is 2.33. The molecule has 0 bridgehead atoms. The first-order valence-corrected chi connectivity index (χ1v) is 4.87. The van der Waals surface area contributed by atoms with E-state index in [0.717, 1.165) is 11.6 Å². The molecule has 2 rings (SSSR count). The van der Waals surface area contributed by atoms with E-state index in [2.05, 4.69) is 5.32 Å². The molecule has 0 aliphatic carbocycles. The first-order chi connectivity index (χ1) is 6.89. The van der Waals surface area contributed by atoms with E-state index in [0.29, 0.717) is 5.69 Å².